The smallest absolute Gasteiger partial charge is 0.240 e. The zero-order valence-corrected chi connectivity index (χ0v) is 12.9. The predicted octanol–water partition coefficient (Wildman–Crippen LogP) is 1.96. The lowest BCUT2D eigenvalue weighted by molar-refractivity contribution is 0.101. The van der Waals surface area contributed by atoms with Crippen molar-refractivity contribution in [3.8, 4) is 0 Å². The van der Waals surface area contributed by atoms with E-state index in [2.05, 4.69) is 4.72 Å². The maximum Gasteiger partial charge on any atom is 0.240 e. The highest BCUT2D eigenvalue weighted by Crippen LogP contribution is 2.19. The molecule has 2 rings (SSSR count). The van der Waals surface area contributed by atoms with Gasteiger partial charge in [0.1, 0.15) is 6.10 Å². The quantitative estimate of drug-likeness (QED) is 0.795. The zero-order chi connectivity index (χ0) is 15.5. The summed E-state index contributed by atoms with van der Waals surface area (Å²) in [5.74, 6) is -0.125. The Labute approximate surface area is 127 Å². The van der Waals surface area contributed by atoms with Crippen molar-refractivity contribution in [2.75, 3.05) is 6.54 Å². The molecular formula is C14H15NO4S2. The summed E-state index contributed by atoms with van der Waals surface area (Å²) < 4.78 is 26.5. The van der Waals surface area contributed by atoms with Crippen molar-refractivity contribution in [1.29, 1.82) is 0 Å². The SMILES string of the molecule is CC(=O)c1ccc(S(=O)(=O)NCC(O)c2cccs2)cc1. The Morgan fingerprint density at radius 3 is 2.48 bits per heavy atom. The van der Waals surface area contributed by atoms with Gasteiger partial charge in [-0.2, -0.15) is 0 Å². The number of carbonyl (C=O) groups excluding carboxylic acids is 1. The molecule has 2 N–H and O–H groups in total. The molecule has 1 aromatic carbocycles. The first-order chi connectivity index (χ1) is 9.90. The van der Waals surface area contributed by atoms with Gasteiger partial charge in [0.2, 0.25) is 10.0 Å². The second-order valence-corrected chi connectivity index (χ2v) is 7.21. The van der Waals surface area contributed by atoms with Crippen molar-refractivity contribution in [3.05, 3.63) is 52.2 Å². The van der Waals surface area contributed by atoms with Crippen molar-refractivity contribution in [1.82, 2.24) is 4.72 Å². The number of hydrogen-bond acceptors (Lipinski definition) is 5. The molecule has 7 heteroatoms. The fraction of sp³-hybridized carbons (Fsp3) is 0.214. The highest BCUT2D eigenvalue weighted by molar-refractivity contribution is 7.89. The van der Waals surface area contributed by atoms with E-state index in [0.717, 1.165) is 0 Å². The standard InChI is InChI=1S/C14H15NO4S2/c1-10(16)11-4-6-12(7-5-11)21(18,19)15-9-13(17)14-3-2-8-20-14/h2-8,13,15,17H,9H2,1H3. The second-order valence-electron chi connectivity index (χ2n) is 4.46. The van der Waals surface area contributed by atoms with Crippen LogP contribution in [0, 0.1) is 0 Å². The third-order valence-electron chi connectivity index (χ3n) is 2.91. The van der Waals surface area contributed by atoms with E-state index in [0.29, 0.717) is 10.4 Å². The van der Waals surface area contributed by atoms with Crippen LogP contribution >= 0.6 is 11.3 Å². The van der Waals surface area contributed by atoms with E-state index in [1.165, 1.54) is 42.5 Å². The Bertz CT molecular complexity index is 706. The summed E-state index contributed by atoms with van der Waals surface area (Å²) in [6.45, 7) is 1.32. The van der Waals surface area contributed by atoms with Crippen LogP contribution < -0.4 is 4.72 Å². The molecule has 0 amide bonds. The molecule has 0 aliphatic rings. The van der Waals surface area contributed by atoms with Crippen LogP contribution in [0.4, 0.5) is 0 Å². The third-order valence-corrected chi connectivity index (χ3v) is 5.32. The number of nitrogens with one attached hydrogen (secondary N) is 1. The summed E-state index contributed by atoms with van der Waals surface area (Å²) in [6.07, 6.45) is -0.878. The van der Waals surface area contributed by atoms with E-state index in [-0.39, 0.29) is 17.2 Å². The Hall–Kier alpha value is -1.54. The topological polar surface area (TPSA) is 83.5 Å². The van der Waals surface area contributed by atoms with E-state index < -0.39 is 16.1 Å². The van der Waals surface area contributed by atoms with E-state index in [9.17, 15) is 18.3 Å². The van der Waals surface area contributed by atoms with Crippen LogP contribution in [0.15, 0.2) is 46.7 Å². The van der Waals surface area contributed by atoms with Crippen molar-refractivity contribution >= 4 is 27.1 Å². The minimum absolute atomic E-state index is 0.0610. The third kappa shape index (κ3) is 3.98. The van der Waals surface area contributed by atoms with Crippen LogP contribution in [0.5, 0.6) is 0 Å². The van der Waals surface area contributed by atoms with Crippen LogP contribution in [0.25, 0.3) is 0 Å². The van der Waals surface area contributed by atoms with Crippen LogP contribution in [-0.2, 0) is 10.0 Å². The first-order valence-corrected chi connectivity index (χ1v) is 8.58. The molecule has 21 heavy (non-hydrogen) atoms. The van der Waals surface area contributed by atoms with Gasteiger partial charge in [0.15, 0.2) is 5.78 Å². The van der Waals surface area contributed by atoms with E-state index in [4.69, 9.17) is 0 Å². The molecule has 0 aliphatic carbocycles. The molecule has 112 valence electrons. The summed E-state index contributed by atoms with van der Waals surface area (Å²) in [6, 6.07) is 9.20. The molecule has 5 nitrogen and oxygen atoms in total. The minimum Gasteiger partial charge on any atom is -0.386 e. The monoisotopic (exact) mass is 325 g/mol. The number of benzene rings is 1. The molecule has 0 bridgehead atoms. The van der Waals surface area contributed by atoms with E-state index in [1.807, 2.05) is 5.38 Å². The molecule has 0 radical (unpaired) electrons. The van der Waals surface area contributed by atoms with Crippen molar-refractivity contribution in [2.45, 2.75) is 17.9 Å². The Balaban J connectivity index is 2.06. The highest BCUT2D eigenvalue weighted by Gasteiger charge is 2.17. The molecular weight excluding hydrogens is 310 g/mol. The molecule has 2 aromatic rings. The number of hydrogen-bond donors (Lipinski definition) is 2. The van der Waals surface area contributed by atoms with Gasteiger partial charge < -0.3 is 5.11 Å². The van der Waals surface area contributed by atoms with Gasteiger partial charge in [0.25, 0.3) is 0 Å². The first-order valence-electron chi connectivity index (χ1n) is 6.22. The van der Waals surface area contributed by atoms with Crippen LogP contribution in [0.3, 0.4) is 0 Å². The molecule has 0 spiro atoms. The second kappa shape index (κ2) is 6.48. The lowest BCUT2D eigenvalue weighted by Crippen LogP contribution is -2.28. The Morgan fingerprint density at radius 1 is 1.29 bits per heavy atom. The maximum atomic E-state index is 12.1. The molecule has 1 heterocycles. The lowest BCUT2D eigenvalue weighted by atomic mass is 10.2. The van der Waals surface area contributed by atoms with E-state index in [1.54, 1.807) is 12.1 Å². The summed E-state index contributed by atoms with van der Waals surface area (Å²) in [4.78, 5) is 11.9. The molecule has 0 fully saturated rings. The minimum atomic E-state index is -3.71. The number of aliphatic hydroxyl groups is 1. The van der Waals surface area contributed by atoms with Gasteiger partial charge in [0, 0.05) is 17.0 Å². The fourth-order valence-electron chi connectivity index (χ4n) is 1.72. The van der Waals surface area contributed by atoms with Gasteiger partial charge in [0.05, 0.1) is 4.90 Å². The van der Waals surface area contributed by atoms with Crippen LogP contribution in [0.2, 0.25) is 0 Å². The van der Waals surface area contributed by atoms with Crippen molar-refractivity contribution in [3.63, 3.8) is 0 Å². The summed E-state index contributed by atoms with van der Waals surface area (Å²) >= 11 is 1.36. The number of Topliss-reactive ketones (excluding diaryl/α,β-unsaturated/α-hetero) is 1. The largest absolute Gasteiger partial charge is 0.386 e. The predicted molar refractivity (Wildman–Crippen MR) is 80.9 cm³/mol. The van der Waals surface area contributed by atoms with E-state index >= 15 is 0 Å². The maximum absolute atomic E-state index is 12.1. The molecule has 0 saturated carbocycles. The van der Waals surface area contributed by atoms with Gasteiger partial charge in [-0.3, -0.25) is 4.79 Å². The first kappa shape index (κ1) is 15.8. The van der Waals surface area contributed by atoms with Gasteiger partial charge in [-0.05, 0) is 30.5 Å². The number of ketones is 1. The Kier molecular flexibility index (Phi) is 4.89. The molecule has 1 atom stereocenters. The summed E-state index contributed by atoms with van der Waals surface area (Å²) in [5, 5.41) is 11.7. The van der Waals surface area contributed by atoms with Crippen molar-refractivity contribution in [2.24, 2.45) is 0 Å². The lowest BCUT2D eigenvalue weighted by Gasteiger charge is -2.11. The highest BCUT2D eigenvalue weighted by atomic mass is 32.2. The number of carbonyl (C=O) groups is 1. The summed E-state index contributed by atoms with van der Waals surface area (Å²) in [7, 11) is -3.71. The normalized spacial score (nSPS) is 13.0. The average Bonchev–Trinajstić information content (AvgIpc) is 2.99. The number of rotatable bonds is 6. The fourth-order valence-corrected chi connectivity index (χ4v) is 3.47. The number of thiophene rings is 1. The van der Waals surface area contributed by atoms with Gasteiger partial charge in [-0.25, -0.2) is 13.1 Å². The molecule has 1 aromatic heterocycles. The number of aliphatic hydroxyl groups excluding tert-OH is 1. The van der Waals surface area contributed by atoms with Crippen LogP contribution in [0.1, 0.15) is 28.3 Å². The summed E-state index contributed by atoms with van der Waals surface area (Å²) in [5.41, 5.74) is 0.451. The Morgan fingerprint density at radius 2 is 1.95 bits per heavy atom. The van der Waals surface area contributed by atoms with Gasteiger partial charge in [-0.15, -0.1) is 11.3 Å². The van der Waals surface area contributed by atoms with Gasteiger partial charge in [-0.1, -0.05) is 18.2 Å². The van der Waals surface area contributed by atoms with Gasteiger partial charge >= 0.3 is 0 Å². The number of sulfonamides is 1. The average molecular weight is 325 g/mol. The molecule has 0 aliphatic heterocycles. The zero-order valence-electron chi connectivity index (χ0n) is 11.3. The van der Waals surface area contributed by atoms with Crippen molar-refractivity contribution < 1.29 is 18.3 Å². The molecule has 0 saturated heterocycles. The van der Waals surface area contributed by atoms with Crippen LogP contribution in [-0.4, -0.2) is 25.9 Å². The molecule has 1 unspecified atom stereocenters.